The molecule has 6 heteroatoms. The molecule has 1 heterocycles. The number of Topliss-reactive ketones (excluding diaryl/α,β-unsaturated/α-hetero) is 1. The Morgan fingerprint density at radius 2 is 2.06 bits per heavy atom. The number of ketones is 1. The Morgan fingerprint density at radius 1 is 1.39 bits per heavy atom. The second-order valence-electron chi connectivity index (χ2n) is 4.31. The lowest BCUT2D eigenvalue weighted by atomic mass is 9.89. The first-order valence-electron chi connectivity index (χ1n) is 5.78. The van der Waals surface area contributed by atoms with Gasteiger partial charge in [-0.1, -0.05) is 0 Å². The van der Waals surface area contributed by atoms with Gasteiger partial charge in [0.25, 0.3) is 0 Å². The molecule has 1 aromatic rings. The summed E-state index contributed by atoms with van der Waals surface area (Å²) >= 11 is 0. The largest absolute Gasteiger partial charge is 0.317 e. The Balaban J connectivity index is 2.24. The standard InChI is InChI=1S/C12H13FN2O3/c13-10-2-1-9(7-11(10)15(17)18)12(16)8-3-5-14-6-4-8/h1-2,7-8,14H,3-6H2. The summed E-state index contributed by atoms with van der Waals surface area (Å²) in [6.45, 7) is 1.53. The van der Waals surface area contributed by atoms with Crippen LogP contribution in [0.3, 0.4) is 0 Å². The number of piperidine rings is 1. The zero-order valence-electron chi connectivity index (χ0n) is 9.69. The van der Waals surface area contributed by atoms with Crippen molar-refractivity contribution >= 4 is 11.5 Å². The fourth-order valence-electron chi connectivity index (χ4n) is 2.13. The summed E-state index contributed by atoms with van der Waals surface area (Å²) in [7, 11) is 0. The zero-order valence-corrected chi connectivity index (χ0v) is 9.69. The quantitative estimate of drug-likeness (QED) is 0.506. The number of hydrogen-bond donors (Lipinski definition) is 1. The molecule has 0 spiro atoms. The molecule has 0 unspecified atom stereocenters. The predicted octanol–water partition coefficient (Wildman–Crippen LogP) is 1.92. The average Bonchev–Trinajstić information content (AvgIpc) is 2.39. The van der Waals surface area contributed by atoms with Gasteiger partial charge in [0, 0.05) is 17.5 Å². The number of rotatable bonds is 3. The third kappa shape index (κ3) is 2.53. The van der Waals surface area contributed by atoms with E-state index in [-0.39, 0.29) is 17.3 Å². The van der Waals surface area contributed by atoms with Gasteiger partial charge in [-0.2, -0.15) is 4.39 Å². The van der Waals surface area contributed by atoms with E-state index >= 15 is 0 Å². The summed E-state index contributed by atoms with van der Waals surface area (Å²) in [4.78, 5) is 21.9. The molecule has 96 valence electrons. The SMILES string of the molecule is O=C(c1ccc(F)c([N+](=O)[O-])c1)C1CCNCC1. The van der Waals surface area contributed by atoms with Crippen molar-refractivity contribution in [1.29, 1.82) is 0 Å². The monoisotopic (exact) mass is 252 g/mol. The molecule has 2 rings (SSSR count). The van der Waals surface area contributed by atoms with Crippen molar-refractivity contribution in [2.75, 3.05) is 13.1 Å². The summed E-state index contributed by atoms with van der Waals surface area (Å²) < 4.78 is 13.2. The minimum atomic E-state index is -0.915. The molecule has 1 N–H and O–H groups in total. The number of nitro benzene ring substituents is 1. The van der Waals surface area contributed by atoms with Crippen LogP contribution in [0.4, 0.5) is 10.1 Å². The third-order valence-corrected chi connectivity index (χ3v) is 3.14. The van der Waals surface area contributed by atoms with Crippen molar-refractivity contribution in [2.24, 2.45) is 5.92 Å². The Bertz CT molecular complexity index is 484. The van der Waals surface area contributed by atoms with Crippen LogP contribution >= 0.6 is 0 Å². The van der Waals surface area contributed by atoms with E-state index in [4.69, 9.17) is 0 Å². The van der Waals surface area contributed by atoms with Gasteiger partial charge in [-0.15, -0.1) is 0 Å². The van der Waals surface area contributed by atoms with E-state index in [2.05, 4.69) is 5.32 Å². The zero-order chi connectivity index (χ0) is 13.1. The smallest absolute Gasteiger partial charge is 0.305 e. The van der Waals surface area contributed by atoms with Gasteiger partial charge in [0.05, 0.1) is 4.92 Å². The first kappa shape index (κ1) is 12.6. The van der Waals surface area contributed by atoms with Crippen LogP contribution in [0.1, 0.15) is 23.2 Å². The fraction of sp³-hybridized carbons (Fsp3) is 0.417. The molecule has 5 nitrogen and oxygen atoms in total. The fourth-order valence-corrected chi connectivity index (χ4v) is 2.13. The minimum absolute atomic E-state index is 0.128. The van der Waals surface area contributed by atoms with Crippen LogP contribution < -0.4 is 5.32 Å². The highest BCUT2D eigenvalue weighted by molar-refractivity contribution is 5.98. The molecule has 18 heavy (non-hydrogen) atoms. The van der Waals surface area contributed by atoms with Crippen LogP contribution in [-0.4, -0.2) is 23.8 Å². The number of hydrogen-bond acceptors (Lipinski definition) is 4. The maximum Gasteiger partial charge on any atom is 0.305 e. The molecule has 1 aromatic carbocycles. The van der Waals surface area contributed by atoms with Crippen molar-refractivity contribution in [2.45, 2.75) is 12.8 Å². The van der Waals surface area contributed by atoms with Gasteiger partial charge in [-0.3, -0.25) is 14.9 Å². The summed E-state index contributed by atoms with van der Waals surface area (Å²) in [6.07, 6.45) is 1.42. The highest BCUT2D eigenvalue weighted by Crippen LogP contribution is 2.23. The number of nitrogens with one attached hydrogen (secondary N) is 1. The van der Waals surface area contributed by atoms with E-state index in [0.29, 0.717) is 12.8 Å². The number of carbonyl (C=O) groups is 1. The first-order valence-corrected chi connectivity index (χ1v) is 5.78. The van der Waals surface area contributed by atoms with Crippen LogP contribution in [0.25, 0.3) is 0 Å². The van der Waals surface area contributed by atoms with Crippen LogP contribution in [0, 0.1) is 21.8 Å². The lowest BCUT2D eigenvalue weighted by Crippen LogP contribution is -2.31. The summed E-state index contributed by atoms with van der Waals surface area (Å²) in [6, 6.07) is 3.32. The number of carbonyl (C=O) groups excluding carboxylic acids is 1. The molecule has 0 aliphatic carbocycles. The van der Waals surface area contributed by atoms with Crippen molar-refractivity contribution in [3.05, 3.63) is 39.7 Å². The Morgan fingerprint density at radius 3 is 2.67 bits per heavy atom. The summed E-state index contributed by atoms with van der Waals surface area (Å²) in [5, 5.41) is 13.8. The van der Waals surface area contributed by atoms with Gasteiger partial charge in [0.1, 0.15) is 0 Å². The molecule has 0 radical (unpaired) electrons. The van der Waals surface area contributed by atoms with Gasteiger partial charge in [-0.25, -0.2) is 0 Å². The highest BCUT2D eigenvalue weighted by Gasteiger charge is 2.24. The number of nitrogens with zero attached hydrogens (tertiary/aromatic N) is 1. The average molecular weight is 252 g/mol. The maximum atomic E-state index is 13.2. The maximum absolute atomic E-state index is 13.2. The molecule has 0 amide bonds. The van der Waals surface area contributed by atoms with E-state index in [0.717, 1.165) is 25.2 Å². The topological polar surface area (TPSA) is 72.2 Å². The van der Waals surface area contributed by atoms with Crippen LogP contribution in [0.5, 0.6) is 0 Å². The molecule has 0 saturated carbocycles. The molecular formula is C12H13FN2O3. The van der Waals surface area contributed by atoms with Crippen LogP contribution in [0.2, 0.25) is 0 Å². The van der Waals surface area contributed by atoms with Crippen LogP contribution in [0.15, 0.2) is 18.2 Å². The van der Waals surface area contributed by atoms with Gasteiger partial charge in [-0.05, 0) is 38.1 Å². The molecule has 0 aromatic heterocycles. The van der Waals surface area contributed by atoms with Gasteiger partial charge in [0.15, 0.2) is 5.78 Å². The molecule has 1 aliphatic heterocycles. The Hall–Kier alpha value is -1.82. The highest BCUT2D eigenvalue weighted by atomic mass is 19.1. The predicted molar refractivity (Wildman–Crippen MR) is 63.0 cm³/mol. The van der Waals surface area contributed by atoms with Crippen molar-refractivity contribution < 1.29 is 14.1 Å². The summed E-state index contributed by atoms with van der Waals surface area (Å²) in [5.74, 6) is -1.18. The van der Waals surface area contributed by atoms with E-state index in [1.165, 1.54) is 6.07 Å². The molecule has 1 fully saturated rings. The van der Waals surface area contributed by atoms with E-state index < -0.39 is 16.4 Å². The molecule has 1 aliphatic rings. The molecule has 0 bridgehead atoms. The normalized spacial score (nSPS) is 16.5. The number of halogens is 1. The first-order chi connectivity index (χ1) is 8.59. The minimum Gasteiger partial charge on any atom is -0.317 e. The second kappa shape index (κ2) is 5.22. The van der Waals surface area contributed by atoms with Crippen LogP contribution in [-0.2, 0) is 0 Å². The third-order valence-electron chi connectivity index (χ3n) is 3.14. The van der Waals surface area contributed by atoms with Gasteiger partial charge < -0.3 is 5.32 Å². The Labute approximate surface area is 103 Å². The van der Waals surface area contributed by atoms with E-state index in [1.54, 1.807) is 0 Å². The van der Waals surface area contributed by atoms with Gasteiger partial charge >= 0.3 is 5.69 Å². The lowest BCUT2D eigenvalue weighted by molar-refractivity contribution is -0.387. The van der Waals surface area contributed by atoms with Crippen molar-refractivity contribution in [1.82, 2.24) is 5.32 Å². The lowest BCUT2D eigenvalue weighted by Gasteiger charge is -2.21. The Kier molecular flexibility index (Phi) is 3.66. The number of benzene rings is 1. The number of nitro groups is 1. The molecule has 0 atom stereocenters. The summed E-state index contributed by atoms with van der Waals surface area (Å²) in [5.41, 5.74) is -0.426. The molecule has 1 saturated heterocycles. The van der Waals surface area contributed by atoms with Gasteiger partial charge in [0.2, 0.25) is 5.82 Å². The van der Waals surface area contributed by atoms with Crippen molar-refractivity contribution in [3.63, 3.8) is 0 Å². The van der Waals surface area contributed by atoms with E-state index in [1.807, 2.05) is 0 Å². The second-order valence-corrected chi connectivity index (χ2v) is 4.31. The molecular weight excluding hydrogens is 239 g/mol. The van der Waals surface area contributed by atoms with Crippen molar-refractivity contribution in [3.8, 4) is 0 Å². The van der Waals surface area contributed by atoms with E-state index in [9.17, 15) is 19.3 Å².